The molecule has 1 heterocycles. The van der Waals surface area contributed by atoms with E-state index >= 15 is 0 Å². The summed E-state index contributed by atoms with van der Waals surface area (Å²) in [4.78, 5) is 4.12. The minimum Gasteiger partial charge on any atom is -0.402 e. The summed E-state index contributed by atoms with van der Waals surface area (Å²) in [5.41, 5.74) is 7.62. The lowest BCUT2D eigenvalue weighted by Crippen LogP contribution is -2.30. The lowest BCUT2D eigenvalue weighted by molar-refractivity contribution is 0.127. The minimum atomic E-state index is -0.548. The van der Waals surface area contributed by atoms with Gasteiger partial charge in [0.2, 0.25) is 0 Å². The zero-order valence-corrected chi connectivity index (χ0v) is 11.3. The van der Waals surface area contributed by atoms with Gasteiger partial charge in [0, 0.05) is 35.1 Å². The predicted molar refractivity (Wildman–Crippen MR) is 81.0 cm³/mol. The first kappa shape index (κ1) is 12.9. The standard InChI is InChI=1S/C16H19N3O/c17-14-4-1-12(2-5-14)16(20)19-15-6-3-11-7-8-18-10-13(11)9-15/h3-4,6-10,12,16,19-20H,1-2,5,17H2/t12-,16?/m1/s1. The summed E-state index contributed by atoms with van der Waals surface area (Å²) in [6, 6.07) is 8.01. The number of hydrogen-bond donors (Lipinski definition) is 3. The Morgan fingerprint density at radius 1 is 1.30 bits per heavy atom. The number of benzene rings is 1. The molecular formula is C16H19N3O. The first-order valence-electron chi connectivity index (χ1n) is 6.95. The van der Waals surface area contributed by atoms with E-state index in [-0.39, 0.29) is 5.92 Å². The SMILES string of the molecule is NC1=CC[C@@H](C(O)Nc2ccc3ccncc3c2)CC1. The van der Waals surface area contributed by atoms with Crippen LogP contribution in [-0.4, -0.2) is 16.3 Å². The number of fused-ring (bicyclic) bond motifs is 1. The van der Waals surface area contributed by atoms with Crippen molar-refractivity contribution in [2.45, 2.75) is 25.5 Å². The molecule has 1 unspecified atom stereocenters. The van der Waals surface area contributed by atoms with Crippen LogP contribution in [0.5, 0.6) is 0 Å². The molecule has 4 heteroatoms. The number of nitrogens with two attached hydrogens (primary N) is 1. The molecule has 4 N–H and O–H groups in total. The van der Waals surface area contributed by atoms with E-state index in [2.05, 4.69) is 10.3 Å². The van der Waals surface area contributed by atoms with Crippen molar-refractivity contribution in [3.8, 4) is 0 Å². The summed E-state index contributed by atoms with van der Waals surface area (Å²) < 4.78 is 0. The molecule has 0 saturated heterocycles. The van der Waals surface area contributed by atoms with Gasteiger partial charge < -0.3 is 16.2 Å². The zero-order valence-electron chi connectivity index (χ0n) is 11.3. The molecule has 0 spiro atoms. The van der Waals surface area contributed by atoms with Crippen LogP contribution in [0.15, 0.2) is 48.4 Å². The van der Waals surface area contributed by atoms with E-state index in [1.54, 1.807) is 6.20 Å². The van der Waals surface area contributed by atoms with Gasteiger partial charge in [-0.15, -0.1) is 0 Å². The van der Waals surface area contributed by atoms with E-state index in [4.69, 9.17) is 5.73 Å². The molecule has 1 aliphatic carbocycles. The largest absolute Gasteiger partial charge is 0.402 e. The molecule has 3 rings (SSSR count). The van der Waals surface area contributed by atoms with Crippen LogP contribution in [-0.2, 0) is 0 Å². The summed E-state index contributed by atoms with van der Waals surface area (Å²) in [7, 11) is 0. The summed E-state index contributed by atoms with van der Waals surface area (Å²) >= 11 is 0. The second-order valence-corrected chi connectivity index (χ2v) is 5.34. The Balaban J connectivity index is 1.72. The Morgan fingerprint density at radius 2 is 2.20 bits per heavy atom. The molecule has 1 aromatic carbocycles. The Labute approximate surface area is 118 Å². The molecule has 4 nitrogen and oxygen atoms in total. The molecule has 20 heavy (non-hydrogen) atoms. The fraction of sp³-hybridized carbons (Fsp3) is 0.312. The molecule has 0 bridgehead atoms. The summed E-state index contributed by atoms with van der Waals surface area (Å²) in [6.45, 7) is 0. The Hall–Kier alpha value is -2.07. The van der Waals surface area contributed by atoms with Crippen molar-refractivity contribution in [2.24, 2.45) is 11.7 Å². The highest BCUT2D eigenvalue weighted by atomic mass is 16.3. The highest BCUT2D eigenvalue weighted by Gasteiger charge is 2.21. The van der Waals surface area contributed by atoms with Crippen LogP contribution in [0, 0.1) is 5.92 Å². The quantitative estimate of drug-likeness (QED) is 0.749. The number of aliphatic hydroxyl groups is 1. The van der Waals surface area contributed by atoms with Crippen molar-refractivity contribution >= 4 is 16.5 Å². The monoisotopic (exact) mass is 269 g/mol. The third kappa shape index (κ3) is 2.75. The number of hydrogen-bond acceptors (Lipinski definition) is 4. The maximum atomic E-state index is 10.3. The molecule has 0 fully saturated rings. The van der Waals surface area contributed by atoms with Gasteiger partial charge >= 0.3 is 0 Å². The second-order valence-electron chi connectivity index (χ2n) is 5.34. The molecule has 104 valence electrons. The van der Waals surface area contributed by atoms with Gasteiger partial charge in [-0.05, 0) is 42.8 Å². The maximum Gasteiger partial charge on any atom is 0.127 e. The van der Waals surface area contributed by atoms with Crippen molar-refractivity contribution in [1.82, 2.24) is 4.98 Å². The van der Waals surface area contributed by atoms with Gasteiger partial charge in [-0.1, -0.05) is 12.1 Å². The highest BCUT2D eigenvalue weighted by molar-refractivity contribution is 5.84. The Kier molecular flexibility index (Phi) is 3.56. The van der Waals surface area contributed by atoms with Crippen LogP contribution in [0.25, 0.3) is 10.8 Å². The molecule has 1 aliphatic rings. The third-order valence-electron chi connectivity index (χ3n) is 3.89. The normalized spacial score (nSPS) is 20.4. The van der Waals surface area contributed by atoms with Crippen LogP contribution in [0.4, 0.5) is 5.69 Å². The molecule has 2 aromatic rings. The van der Waals surface area contributed by atoms with Crippen LogP contribution in [0.2, 0.25) is 0 Å². The molecular weight excluding hydrogens is 250 g/mol. The van der Waals surface area contributed by atoms with Crippen molar-refractivity contribution in [3.63, 3.8) is 0 Å². The number of rotatable bonds is 3. The molecule has 0 radical (unpaired) electrons. The van der Waals surface area contributed by atoms with Crippen LogP contribution < -0.4 is 11.1 Å². The van der Waals surface area contributed by atoms with Crippen LogP contribution in [0.3, 0.4) is 0 Å². The number of aromatic nitrogens is 1. The lowest BCUT2D eigenvalue weighted by Gasteiger charge is -2.26. The van der Waals surface area contributed by atoms with Gasteiger partial charge in [0.1, 0.15) is 6.23 Å². The fourth-order valence-electron chi connectivity index (χ4n) is 2.62. The minimum absolute atomic E-state index is 0.215. The number of nitrogens with zero attached hydrogens (tertiary/aromatic N) is 1. The smallest absolute Gasteiger partial charge is 0.127 e. The van der Waals surface area contributed by atoms with Crippen LogP contribution >= 0.6 is 0 Å². The van der Waals surface area contributed by atoms with Gasteiger partial charge in [-0.25, -0.2) is 0 Å². The second kappa shape index (κ2) is 5.51. The summed E-state index contributed by atoms with van der Waals surface area (Å²) in [5, 5.41) is 15.7. The van der Waals surface area contributed by atoms with Crippen molar-refractivity contribution in [1.29, 1.82) is 0 Å². The van der Waals surface area contributed by atoms with E-state index in [0.29, 0.717) is 0 Å². The Bertz CT molecular complexity index is 638. The topological polar surface area (TPSA) is 71.2 Å². The molecule has 0 amide bonds. The average Bonchev–Trinajstić information content (AvgIpc) is 2.48. The van der Waals surface area contributed by atoms with Crippen molar-refractivity contribution in [2.75, 3.05) is 5.32 Å². The van der Waals surface area contributed by atoms with Gasteiger partial charge in [-0.2, -0.15) is 0 Å². The number of aliphatic hydroxyl groups excluding tert-OH is 1. The first-order chi connectivity index (χ1) is 9.72. The Morgan fingerprint density at radius 3 is 3.00 bits per heavy atom. The molecule has 0 saturated carbocycles. The van der Waals surface area contributed by atoms with Gasteiger partial charge in [0.25, 0.3) is 0 Å². The van der Waals surface area contributed by atoms with E-state index in [0.717, 1.165) is 41.4 Å². The predicted octanol–water partition coefficient (Wildman–Crippen LogP) is 2.61. The maximum absolute atomic E-state index is 10.3. The average molecular weight is 269 g/mol. The van der Waals surface area contributed by atoms with E-state index < -0.39 is 6.23 Å². The summed E-state index contributed by atoms with van der Waals surface area (Å²) in [6.07, 6.45) is 7.70. The van der Waals surface area contributed by atoms with Crippen molar-refractivity contribution < 1.29 is 5.11 Å². The molecule has 1 aromatic heterocycles. The molecule has 0 aliphatic heterocycles. The number of pyridine rings is 1. The number of anilines is 1. The highest BCUT2D eigenvalue weighted by Crippen LogP contribution is 2.26. The van der Waals surface area contributed by atoms with Gasteiger partial charge in [0.15, 0.2) is 0 Å². The van der Waals surface area contributed by atoms with Gasteiger partial charge in [-0.3, -0.25) is 4.98 Å². The molecule has 2 atom stereocenters. The van der Waals surface area contributed by atoms with Crippen molar-refractivity contribution in [3.05, 3.63) is 48.4 Å². The van der Waals surface area contributed by atoms with Gasteiger partial charge in [0.05, 0.1) is 0 Å². The van der Waals surface area contributed by atoms with E-state index in [1.807, 2.05) is 36.5 Å². The van der Waals surface area contributed by atoms with Crippen LogP contribution in [0.1, 0.15) is 19.3 Å². The summed E-state index contributed by atoms with van der Waals surface area (Å²) in [5.74, 6) is 0.215. The third-order valence-corrected chi connectivity index (χ3v) is 3.89. The first-order valence-corrected chi connectivity index (χ1v) is 6.95. The van der Waals surface area contributed by atoms with E-state index in [9.17, 15) is 5.11 Å². The fourth-order valence-corrected chi connectivity index (χ4v) is 2.62. The zero-order chi connectivity index (χ0) is 13.9. The lowest BCUT2D eigenvalue weighted by atomic mass is 9.91. The number of nitrogens with one attached hydrogen (secondary N) is 1. The van der Waals surface area contributed by atoms with E-state index in [1.165, 1.54) is 0 Å². The number of allylic oxidation sites excluding steroid dienone is 2.